The van der Waals surface area contributed by atoms with Crippen LogP contribution >= 0.6 is 11.6 Å². The molecule has 86 valence electrons. The molecule has 0 saturated carbocycles. The molecule has 0 radical (unpaired) electrons. The van der Waals surface area contributed by atoms with Gasteiger partial charge in [0.1, 0.15) is 0 Å². The van der Waals surface area contributed by atoms with Gasteiger partial charge in [0, 0.05) is 17.0 Å². The van der Waals surface area contributed by atoms with Crippen molar-refractivity contribution in [2.45, 2.75) is 25.7 Å². The van der Waals surface area contributed by atoms with Crippen LogP contribution in [0, 0.1) is 6.92 Å². The number of anilines is 1. The molecule has 3 nitrogen and oxygen atoms in total. The van der Waals surface area contributed by atoms with Gasteiger partial charge in [0.25, 0.3) is 0 Å². The summed E-state index contributed by atoms with van der Waals surface area (Å²) in [7, 11) is -3.24. The van der Waals surface area contributed by atoms with E-state index >= 15 is 0 Å². The number of benzene rings is 1. The highest BCUT2D eigenvalue weighted by Gasteiger charge is 2.13. The third-order valence-corrected chi connectivity index (χ3v) is 3.33. The second-order valence-electron chi connectivity index (χ2n) is 2.90. The Labute approximate surface area is 96.2 Å². The minimum atomic E-state index is -3.24. The lowest BCUT2D eigenvalue weighted by molar-refractivity contribution is 0.601. The predicted octanol–water partition coefficient (Wildman–Crippen LogP) is 2.66. The number of hydrogen-bond donors (Lipinski definition) is 1. The summed E-state index contributed by atoms with van der Waals surface area (Å²) in [6.07, 6.45) is 1.13. The first-order valence-corrected chi connectivity index (χ1v) is 6.85. The summed E-state index contributed by atoms with van der Waals surface area (Å²) in [5.41, 5.74) is 6.37. The van der Waals surface area contributed by atoms with Gasteiger partial charge in [-0.1, -0.05) is 25.4 Å². The lowest BCUT2D eigenvalue weighted by Crippen LogP contribution is -2.02. The predicted molar refractivity (Wildman–Crippen MR) is 65.1 cm³/mol. The van der Waals surface area contributed by atoms with Crippen molar-refractivity contribution >= 4 is 27.1 Å². The van der Waals surface area contributed by atoms with Crippen LogP contribution in [0.15, 0.2) is 17.0 Å². The van der Waals surface area contributed by atoms with Crippen LogP contribution in [-0.4, -0.2) is 14.7 Å². The van der Waals surface area contributed by atoms with Gasteiger partial charge in [-0.25, -0.2) is 8.42 Å². The Hall–Kier alpha value is -0.740. The van der Waals surface area contributed by atoms with E-state index in [2.05, 4.69) is 0 Å². The summed E-state index contributed by atoms with van der Waals surface area (Å²) < 4.78 is 22.5. The highest BCUT2D eigenvalue weighted by atomic mass is 35.5. The monoisotopic (exact) mass is 249 g/mol. The Morgan fingerprint density at radius 3 is 2.13 bits per heavy atom. The topological polar surface area (TPSA) is 60.2 Å². The number of halogens is 1. The van der Waals surface area contributed by atoms with Gasteiger partial charge in [0.15, 0.2) is 9.84 Å². The number of hydrogen-bond acceptors (Lipinski definition) is 3. The SMILES string of the molecule is CC.Cc1c(Cl)cc(N)cc1S(C)(=O)=O. The van der Waals surface area contributed by atoms with Crippen LogP contribution < -0.4 is 5.73 Å². The zero-order chi connectivity index (χ0) is 12.2. The van der Waals surface area contributed by atoms with Crippen molar-refractivity contribution in [3.8, 4) is 0 Å². The standard InChI is InChI=1S/C8H10ClNO2S.C2H6/c1-5-7(9)3-6(10)4-8(5)13(2,11)12;1-2/h3-4H,10H2,1-2H3;1-2H3. The number of rotatable bonds is 1. The zero-order valence-electron chi connectivity index (χ0n) is 9.33. The van der Waals surface area contributed by atoms with Gasteiger partial charge < -0.3 is 5.73 Å². The Kier molecular flexibility index (Phi) is 5.11. The first-order valence-electron chi connectivity index (χ1n) is 4.58. The molecule has 0 spiro atoms. The molecule has 0 bridgehead atoms. The van der Waals surface area contributed by atoms with E-state index < -0.39 is 9.84 Å². The van der Waals surface area contributed by atoms with Crippen LogP contribution in [0.3, 0.4) is 0 Å². The van der Waals surface area contributed by atoms with E-state index in [0.29, 0.717) is 16.3 Å². The van der Waals surface area contributed by atoms with Crippen LogP contribution in [0.2, 0.25) is 5.02 Å². The fraction of sp³-hybridized carbons (Fsp3) is 0.400. The summed E-state index contributed by atoms with van der Waals surface area (Å²) in [5.74, 6) is 0. The molecule has 0 unspecified atom stereocenters. The number of nitrogens with two attached hydrogens (primary N) is 1. The average molecular weight is 250 g/mol. The van der Waals surface area contributed by atoms with Gasteiger partial charge in [-0.05, 0) is 24.6 Å². The summed E-state index contributed by atoms with van der Waals surface area (Å²) in [5, 5.41) is 0.375. The van der Waals surface area contributed by atoms with Crippen LogP contribution in [0.1, 0.15) is 19.4 Å². The fourth-order valence-electron chi connectivity index (χ4n) is 1.06. The maximum atomic E-state index is 11.2. The van der Waals surface area contributed by atoms with Gasteiger partial charge in [0.2, 0.25) is 0 Å². The molecule has 0 heterocycles. The molecule has 1 aromatic carbocycles. The van der Waals surface area contributed by atoms with Crippen LogP contribution in [0.4, 0.5) is 5.69 Å². The van der Waals surface area contributed by atoms with E-state index in [-0.39, 0.29) is 4.90 Å². The van der Waals surface area contributed by atoms with E-state index in [1.807, 2.05) is 13.8 Å². The highest BCUT2D eigenvalue weighted by molar-refractivity contribution is 7.90. The second-order valence-corrected chi connectivity index (χ2v) is 5.29. The zero-order valence-corrected chi connectivity index (χ0v) is 10.9. The third kappa shape index (κ3) is 3.72. The number of nitrogen functional groups attached to an aromatic ring is 1. The van der Waals surface area contributed by atoms with Crippen LogP contribution in [0.5, 0.6) is 0 Å². The molecule has 1 aromatic rings. The molecule has 15 heavy (non-hydrogen) atoms. The molecule has 0 aliphatic heterocycles. The Balaban J connectivity index is 0.000000921. The highest BCUT2D eigenvalue weighted by Crippen LogP contribution is 2.26. The minimum Gasteiger partial charge on any atom is -0.399 e. The Morgan fingerprint density at radius 1 is 1.27 bits per heavy atom. The molecule has 0 amide bonds. The quantitative estimate of drug-likeness (QED) is 0.779. The van der Waals surface area contributed by atoms with Crippen molar-refractivity contribution in [2.75, 3.05) is 12.0 Å². The van der Waals surface area contributed by atoms with E-state index in [1.165, 1.54) is 12.1 Å². The second kappa shape index (κ2) is 5.37. The van der Waals surface area contributed by atoms with Gasteiger partial charge in [0.05, 0.1) is 4.90 Å². The first kappa shape index (κ1) is 14.3. The molecule has 0 atom stereocenters. The minimum absolute atomic E-state index is 0.192. The van der Waals surface area contributed by atoms with Crippen molar-refractivity contribution < 1.29 is 8.42 Å². The van der Waals surface area contributed by atoms with E-state index in [9.17, 15) is 8.42 Å². The lowest BCUT2D eigenvalue weighted by atomic mass is 10.2. The van der Waals surface area contributed by atoms with Gasteiger partial charge in [-0.2, -0.15) is 0 Å². The summed E-state index contributed by atoms with van der Waals surface area (Å²) in [6, 6.07) is 2.95. The molecule has 0 aromatic heterocycles. The normalized spacial score (nSPS) is 10.5. The van der Waals surface area contributed by atoms with E-state index in [4.69, 9.17) is 17.3 Å². The van der Waals surface area contributed by atoms with Crippen molar-refractivity contribution in [3.05, 3.63) is 22.7 Å². The fourth-order valence-corrected chi connectivity index (χ4v) is 2.36. The van der Waals surface area contributed by atoms with Crippen molar-refractivity contribution in [2.24, 2.45) is 0 Å². The summed E-state index contributed by atoms with van der Waals surface area (Å²) in [6.45, 7) is 5.65. The van der Waals surface area contributed by atoms with Gasteiger partial charge in [-0.3, -0.25) is 0 Å². The van der Waals surface area contributed by atoms with Crippen molar-refractivity contribution in [1.29, 1.82) is 0 Å². The molecule has 5 heteroatoms. The lowest BCUT2D eigenvalue weighted by Gasteiger charge is -2.06. The molecular weight excluding hydrogens is 234 g/mol. The smallest absolute Gasteiger partial charge is 0.175 e. The van der Waals surface area contributed by atoms with Gasteiger partial charge >= 0.3 is 0 Å². The maximum absolute atomic E-state index is 11.2. The Morgan fingerprint density at radius 2 is 1.73 bits per heavy atom. The molecule has 0 aliphatic rings. The number of sulfone groups is 1. The third-order valence-electron chi connectivity index (χ3n) is 1.72. The van der Waals surface area contributed by atoms with Crippen LogP contribution in [0.25, 0.3) is 0 Å². The van der Waals surface area contributed by atoms with E-state index in [1.54, 1.807) is 6.92 Å². The van der Waals surface area contributed by atoms with Crippen molar-refractivity contribution in [1.82, 2.24) is 0 Å². The molecule has 1 rings (SSSR count). The molecule has 0 aliphatic carbocycles. The molecular formula is C10H16ClNO2S. The van der Waals surface area contributed by atoms with Crippen LogP contribution in [-0.2, 0) is 9.84 Å². The maximum Gasteiger partial charge on any atom is 0.175 e. The average Bonchev–Trinajstić information content (AvgIpc) is 2.13. The Bertz CT molecular complexity index is 441. The summed E-state index contributed by atoms with van der Waals surface area (Å²) in [4.78, 5) is 0.192. The van der Waals surface area contributed by atoms with Crippen molar-refractivity contribution in [3.63, 3.8) is 0 Å². The van der Waals surface area contributed by atoms with E-state index in [0.717, 1.165) is 6.26 Å². The van der Waals surface area contributed by atoms with Gasteiger partial charge in [-0.15, -0.1) is 0 Å². The molecule has 0 saturated heterocycles. The first-order chi connectivity index (χ1) is 6.82. The molecule has 0 fully saturated rings. The summed E-state index contributed by atoms with van der Waals surface area (Å²) >= 11 is 5.78. The molecule has 2 N–H and O–H groups in total. The largest absolute Gasteiger partial charge is 0.399 e.